The van der Waals surface area contributed by atoms with E-state index < -0.39 is 0 Å². The number of aromatic nitrogens is 1. The summed E-state index contributed by atoms with van der Waals surface area (Å²) >= 11 is 1.57. The van der Waals surface area contributed by atoms with Crippen LogP contribution in [0.2, 0.25) is 0 Å². The molecule has 0 aromatic carbocycles. The Hall–Kier alpha value is -1.66. The Morgan fingerprint density at radius 1 is 1.50 bits per heavy atom. The second-order valence-corrected chi connectivity index (χ2v) is 7.08. The fourth-order valence-corrected chi connectivity index (χ4v) is 3.30. The Kier molecular flexibility index (Phi) is 4.59. The van der Waals surface area contributed by atoms with E-state index in [4.69, 9.17) is 4.42 Å². The lowest BCUT2D eigenvalue weighted by atomic mass is 9.81. The van der Waals surface area contributed by atoms with Gasteiger partial charge in [0, 0.05) is 6.54 Å². The number of piperidine rings is 1. The van der Waals surface area contributed by atoms with Gasteiger partial charge in [-0.15, -0.1) is 11.3 Å². The van der Waals surface area contributed by atoms with Gasteiger partial charge in [-0.3, -0.25) is 4.79 Å². The number of nitrogens with one attached hydrogen (secondary N) is 2. The first-order valence-corrected chi connectivity index (χ1v) is 8.48. The topological polar surface area (TPSA) is 67.2 Å². The summed E-state index contributed by atoms with van der Waals surface area (Å²) in [5.41, 5.74) is 0.878. The molecule has 0 atom stereocenters. The van der Waals surface area contributed by atoms with Crippen molar-refractivity contribution in [3.8, 4) is 10.8 Å². The zero-order chi connectivity index (χ0) is 15.4. The van der Waals surface area contributed by atoms with Crippen LogP contribution in [-0.2, 0) is 11.2 Å². The second kappa shape index (κ2) is 6.62. The predicted octanol–water partition coefficient (Wildman–Crippen LogP) is 2.45. The van der Waals surface area contributed by atoms with Crippen LogP contribution in [0.4, 0.5) is 0 Å². The monoisotopic (exact) mass is 319 g/mol. The molecule has 5 nitrogen and oxygen atoms in total. The SMILES string of the molecule is CC1(CNC(=O)Cc2coc(-c3cccs3)n2)CCNCC1. The molecular formula is C16H21N3O2S. The lowest BCUT2D eigenvalue weighted by Crippen LogP contribution is -2.43. The Labute approximate surface area is 134 Å². The molecule has 2 aromatic heterocycles. The van der Waals surface area contributed by atoms with Crippen molar-refractivity contribution in [3.63, 3.8) is 0 Å². The summed E-state index contributed by atoms with van der Waals surface area (Å²) in [6.45, 7) is 5.02. The predicted molar refractivity (Wildman–Crippen MR) is 86.7 cm³/mol. The number of thiophene rings is 1. The van der Waals surface area contributed by atoms with Crippen LogP contribution < -0.4 is 10.6 Å². The molecule has 0 saturated carbocycles. The van der Waals surface area contributed by atoms with E-state index in [0.717, 1.165) is 37.4 Å². The first-order valence-electron chi connectivity index (χ1n) is 7.60. The Balaban J connectivity index is 1.51. The Morgan fingerprint density at radius 2 is 2.32 bits per heavy atom. The van der Waals surface area contributed by atoms with Crippen LogP contribution in [0.15, 0.2) is 28.2 Å². The normalized spacial score (nSPS) is 17.3. The minimum absolute atomic E-state index is 0.00536. The summed E-state index contributed by atoms with van der Waals surface area (Å²) < 4.78 is 5.44. The van der Waals surface area contributed by atoms with Crippen molar-refractivity contribution in [2.75, 3.05) is 19.6 Å². The number of carbonyl (C=O) groups is 1. The van der Waals surface area contributed by atoms with E-state index in [1.54, 1.807) is 17.6 Å². The summed E-state index contributed by atoms with van der Waals surface area (Å²) in [6, 6.07) is 3.91. The molecule has 3 heterocycles. The minimum atomic E-state index is 0.00536. The van der Waals surface area contributed by atoms with Crippen LogP contribution in [0.25, 0.3) is 10.8 Å². The highest BCUT2D eigenvalue weighted by atomic mass is 32.1. The number of amides is 1. The van der Waals surface area contributed by atoms with E-state index in [2.05, 4.69) is 22.5 Å². The zero-order valence-corrected chi connectivity index (χ0v) is 13.5. The third kappa shape index (κ3) is 3.75. The van der Waals surface area contributed by atoms with Crippen molar-refractivity contribution in [2.24, 2.45) is 5.41 Å². The molecular weight excluding hydrogens is 298 g/mol. The van der Waals surface area contributed by atoms with Crippen LogP contribution in [0.5, 0.6) is 0 Å². The van der Waals surface area contributed by atoms with Gasteiger partial charge in [-0.25, -0.2) is 4.98 Å². The van der Waals surface area contributed by atoms with Gasteiger partial charge in [0.15, 0.2) is 0 Å². The standard InChI is InChI=1S/C16H21N3O2S/c1-16(4-6-17-7-5-16)11-18-14(20)9-12-10-21-15(19-12)13-3-2-8-22-13/h2-3,8,10,17H,4-7,9,11H2,1H3,(H,18,20). The van der Waals surface area contributed by atoms with Crippen molar-refractivity contribution < 1.29 is 9.21 Å². The molecule has 1 saturated heterocycles. The first-order chi connectivity index (χ1) is 10.6. The molecule has 1 fully saturated rings. The number of hydrogen-bond donors (Lipinski definition) is 2. The molecule has 2 aromatic rings. The molecule has 1 aliphatic heterocycles. The van der Waals surface area contributed by atoms with Gasteiger partial charge in [0.1, 0.15) is 6.26 Å². The lowest BCUT2D eigenvalue weighted by Gasteiger charge is -2.34. The molecule has 6 heteroatoms. The highest BCUT2D eigenvalue weighted by Crippen LogP contribution is 2.27. The largest absolute Gasteiger partial charge is 0.444 e. The molecule has 1 amide bonds. The molecule has 0 unspecified atom stereocenters. The molecule has 1 aliphatic rings. The second-order valence-electron chi connectivity index (χ2n) is 6.14. The average Bonchev–Trinajstić information content (AvgIpc) is 3.17. The Bertz CT molecular complexity index is 615. The van der Waals surface area contributed by atoms with Crippen LogP contribution in [-0.4, -0.2) is 30.5 Å². The molecule has 0 aliphatic carbocycles. The lowest BCUT2D eigenvalue weighted by molar-refractivity contribution is -0.121. The van der Waals surface area contributed by atoms with E-state index in [9.17, 15) is 4.79 Å². The van der Waals surface area contributed by atoms with Crippen molar-refractivity contribution in [3.05, 3.63) is 29.5 Å². The van der Waals surface area contributed by atoms with Crippen molar-refractivity contribution in [1.82, 2.24) is 15.6 Å². The Morgan fingerprint density at radius 3 is 3.05 bits per heavy atom. The van der Waals surface area contributed by atoms with Crippen molar-refractivity contribution in [2.45, 2.75) is 26.2 Å². The molecule has 22 heavy (non-hydrogen) atoms. The van der Waals surface area contributed by atoms with E-state index in [1.807, 2.05) is 17.5 Å². The summed E-state index contributed by atoms with van der Waals surface area (Å²) in [6.07, 6.45) is 4.03. The fraction of sp³-hybridized carbons (Fsp3) is 0.500. The number of nitrogens with zero attached hydrogens (tertiary/aromatic N) is 1. The van der Waals surface area contributed by atoms with E-state index in [-0.39, 0.29) is 17.7 Å². The van der Waals surface area contributed by atoms with Crippen LogP contribution >= 0.6 is 11.3 Å². The van der Waals surface area contributed by atoms with Crippen LogP contribution in [0, 0.1) is 5.41 Å². The van der Waals surface area contributed by atoms with Crippen LogP contribution in [0.3, 0.4) is 0 Å². The van der Waals surface area contributed by atoms with Gasteiger partial charge in [0.25, 0.3) is 0 Å². The molecule has 0 radical (unpaired) electrons. The van der Waals surface area contributed by atoms with Gasteiger partial charge < -0.3 is 15.1 Å². The van der Waals surface area contributed by atoms with Crippen LogP contribution in [0.1, 0.15) is 25.5 Å². The summed E-state index contributed by atoms with van der Waals surface area (Å²) in [5, 5.41) is 8.37. The molecule has 0 bridgehead atoms. The summed E-state index contributed by atoms with van der Waals surface area (Å²) in [7, 11) is 0. The smallest absolute Gasteiger partial charge is 0.236 e. The van der Waals surface area contributed by atoms with Crippen molar-refractivity contribution in [1.29, 1.82) is 0 Å². The van der Waals surface area contributed by atoms with E-state index in [0.29, 0.717) is 11.6 Å². The maximum absolute atomic E-state index is 12.1. The average molecular weight is 319 g/mol. The third-order valence-electron chi connectivity index (χ3n) is 4.15. The molecule has 2 N–H and O–H groups in total. The number of oxazole rings is 1. The van der Waals surface area contributed by atoms with Gasteiger partial charge in [-0.05, 0) is 42.8 Å². The van der Waals surface area contributed by atoms with E-state index in [1.165, 1.54) is 0 Å². The maximum Gasteiger partial charge on any atom is 0.236 e. The van der Waals surface area contributed by atoms with Gasteiger partial charge >= 0.3 is 0 Å². The molecule has 118 valence electrons. The van der Waals surface area contributed by atoms with Gasteiger partial charge in [0.2, 0.25) is 11.8 Å². The highest BCUT2D eigenvalue weighted by molar-refractivity contribution is 7.13. The minimum Gasteiger partial charge on any atom is -0.444 e. The highest BCUT2D eigenvalue weighted by Gasteiger charge is 2.27. The summed E-state index contributed by atoms with van der Waals surface area (Å²) in [4.78, 5) is 17.4. The van der Waals surface area contributed by atoms with E-state index >= 15 is 0 Å². The summed E-state index contributed by atoms with van der Waals surface area (Å²) in [5.74, 6) is 0.592. The van der Waals surface area contributed by atoms with Gasteiger partial charge in [-0.2, -0.15) is 0 Å². The number of carbonyl (C=O) groups excluding carboxylic acids is 1. The number of rotatable bonds is 5. The molecule has 3 rings (SSSR count). The van der Waals surface area contributed by atoms with Gasteiger partial charge in [-0.1, -0.05) is 13.0 Å². The molecule has 0 spiro atoms. The zero-order valence-electron chi connectivity index (χ0n) is 12.7. The fourth-order valence-electron chi connectivity index (χ4n) is 2.65. The maximum atomic E-state index is 12.1. The third-order valence-corrected chi connectivity index (χ3v) is 5.01. The van der Waals surface area contributed by atoms with Gasteiger partial charge in [0.05, 0.1) is 17.0 Å². The van der Waals surface area contributed by atoms with Crippen molar-refractivity contribution >= 4 is 17.2 Å². The number of hydrogen-bond acceptors (Lipinski definition) is 5. The first kappa shape index (κ1) is 15.2. The quantitative estimate of drug-likeness (QED) is 0.888.